The third kappa shape index (κ3) is 4.45. The van der Waals surface area contributed by atoms with Gasteiger partial charge in [0.25, 0.3) is 5.91 Å². The lowest BCUT2D eigenvalue weighted by molar-refractivity contribution is 0.0951. The zero-order valence-corrected chi connectivity index (χ0v) is 17.4. The number of nitrogens with zero attached hydrogens (tertiary/aromatic N) is 1. The maximum absolute atomic E-state index is 12.6. The summed E-state index contributed by atoms with van der Waals surface area (Å²) in [5, 5.41) is 2.89. The first-order valence-corrected chi connectivity index (χ1v) is 11.5. The number of hydrogen-bond acceptors (Lipinski definition) is 3. The van der Waals surface area contributed by atoms with Crippen molar-refractivity contribution in [3.05, 3.63) is 90.0 Å². The zero-order chi connectivity index (χ0) is 21.0. The first kappa shape index (κ1) is 20.3. The van der Waals surface area contributed by atoms with E-state index >= 15 is 0 Å². The van der Waals surface area contributed by atoms with Gasteiger partial charge in [-0.05, 0) is 53.8 Å². The van der Waals surface area contributed by atoms with Crippen LogP contribution in [-0.4, -0.2) is 31.7 Å². The van der Waals surface area contributed by atoms with Crippen LogP contribution in [0.25, 0.3) is 11.1 Å². The van der Waals surface area contributed by atoms with Gasteiger partial charge in [0, 0.05) is 25.2 Å². The highest BCUT2D eigenvalue weighted by Crippen LogP contribution is 2.21. The molecule has 1 amide bonds. The monoisotopic (exact) mass is 420 g/mol. The van der Waals surface area contributed by atoms with Crippen molar-refractivity contribution >= 4 is 15.9 Å². The Bertz CT molecular complexity index is 1100. The molecule has 0 bridgehead atoms. The van der Waals surface area contributed by atoms with Crippen LogP contribution >= 0.6 is 0 Å². The van der Waals surface area contributed by atoms with Gasteiger partial charge in [-0.3, -0.25) is 4.79 Å². The Hall–Kier alpha value is -2.96. The fourth-order valence-corrected chi connectivity index (χ4v) is 5.10. The van der Waals surface area contributed by atoms with E-state index in [0.29, 0.717) is 30.1 Å². The largest absolute Gasteiger partial charge is 0.348 e. The third-order valence-corrected chi connectivity index (χ3v) is 7.25. The number of carbonyl (C=O) groups is 1. The topological polar surface area (TPSA) is 66.5 Å². The fourth-order valence-electron chi connectivity index (χ4n) is 3.59. The number of benzene rings is 3. The van der Waals surface area contributed by atoms with Gasteiger partial charge in [0.1, 0.15) is 0 Å². The minimum Gasteiger partial charge on any atom is -0.348 e. The lowest BCUT2D eigenvalue weighted by Gasteiger charge is -2.15. The average Bonchev–Trinajstić information content (AvgIpc) is 3.34. The van der Waals surface area contributed by atoms with Crippen LogP contribution in [-0.2, 0) is 16.6 Å². The van der Waals surface area contributed by atoms with E-state index < -0.39 is 10.0 Å². The number of amides is 1. The normalized spacial score (nSPS) is 14.5. The molecule has 0 unspecified atom stereocenters. The summed E-state index contributed by atoms with van der Waals surface area (Å²) in [6.45, 7) is 1.51. The Morgan fingerprint density at radius 1 is 0.800 bits per heavy atom. The molecule has 1 aliphatic heterocycles. The Morgan fingerprint density at radius 3 is 2.03 bits per heavy atom. The van der Waals surface area contributed by atoms with Crippen LogP contribution < -0.4 is 5.32 Å². The van der Waals surface area contributed by atoms with Gasteiger partial charge in [0.05, 0.1) is 4.90 Å². The summed E-state index contributed by atoms with van der Waals surface area (Å²) in [5.74, 6) is -0.164. The van der Waals surface area contributed by atoms with Crippen LogP contribution in [0.2, 0.25) is 0 Å². The van der Waals surface area contributed by atoms with Gasteiger partial charge in [-0.2, -0.15) is 4.31 Å². The zero-order valence-electron chi connectivity index (χ0n) is 16.6. The summed E-state index contributed by atoms with van der Waals surface area (Å²) in [6, 6.07) is 24.2. The van der Waals surface area contributed by atoms with Crippen LogP contribution in [0, 0.1) is 0 Å². The summed E-state index contributed by atoms with van der Waals surface area (Å²) in [6.07, 6.45) is 1.82. The smallest absolute Gasteiger partial charge is 0.251 e. The van der Waals surface area contributed by atoms with Gasteiger partial charge in [0.15, 0.2) is 0 Å². The lowest BCUT2D eigenvalue weighted by atomic mass is 10.0. The van der Waals surface area contributed by atoms with Gasteiger partial charge < -0.3 is 5.32 Å². The molecule has 4 rings (SSSR count). The van der Waals surface area contributed by atoms with Crippen molar-refractivity contribution in [3.8, 4) is 11.1 Å². The van der Waals surface area contributed by atoms with Crippen LogP contribution in [0.1, 0.15) is 28.8 Å². The third-order valence-electron chi connectivity index (χ3n) is 5.33. The summed E-state index contributed by atoms with van der Waals surface area (Å²) in [4.78, 5) is 12.8. The predicted octanol–water partition coefficient (Wildman–Crippen LogP) is 4.07. The standard InChI is InChI=1S/C24H24N2O3S/c27-24(22-12-10-21(11-13-22)20-6-2-1-3-7-20)25-18-19-8-14-23(15-9-19)30(28,29)26-16-4-5-17-26/h1-3,6-15H,4-5,16-18H2,(H,25,27). The van der Waals surface area contributed by atoms with Crippen LogP contribution in [0.5, 0.6) is 0 Å². The van der Waals surface area contributed by atoms with E-state index in [1.54, 1.807) is 24.3 Å². The highest BCUT2D eigenvalue weighted by Gasteiger charge is 2.26. The Morgan fingerprint density at radius 2 is 1.40 bits per heavy atom. The molecule has 1 heterocycles. The van der Waals surface area contributed by atoms with Gasteiger partial charge in [-0.15, -0.1) is 0 Å². The van der Waals surface area contributed by atoms with Crippen molar-refractivity contribution in [1.82, 2.24) is 9.62 Å². The molecule has 1 fully saturated rings. The highest BCUT2D eigenvalue weighted by molar-refractivity contribution is 7.89. The van der Waals surface area contributed by atoms with Gasteiger partial charge in [-0.1, -0.05) is 54.6 Å². The molecular formula is C24H24N2O3S. The van der Waals surface area contributed by atoms with Crippen LogP contribution in [0.15, 0.2) is 83.8 Å². The van der Waals surface area contributed by atoms with E-state index in [2.05, 4.69) is 5.32 Å². The number of sulfonamides is 1. The maximum Gasteiger partial charge on any atom is 0.251 e. The second-order valence-electron chi connectivity index (χ2n) is 7.38. The minimum atomic E-state index is -3.41. The number of rotatable bonds is 6. The van der Waals surface area contributed by atoms with Crippen molar-refractivity contribution in [2.24, 2.45) is 0 Å². The van der Waals surface area contributed by atoms with E-state index in [9.17, 15) is 13.2 Å². The van der Waals surface area contributed by atoms with Crippen molar-refractivity contribution in [2.75, 3.05) is 13.1 Å². The number of carbonyl (C=O) groups excluding carboxylic acids is 1. The molecule has 1 aliphatic rings. The van der Waals surface area contributed by atoms with Crippen molar-refractivity contribution in [3.63, 3.8) is 0 Å². The molecule has 3 aromatic carbocycles. The van der Waals surface area contributed by atoms with Gasteiger partial charge >= 0.3 is 0 Å². The van der Waals surface area contributed by atoms with E-state index in [0.717, 1.165) is 29.5 Å². The average molecular weight is 421 g/mol. The van der Waals surface area contributed by atoms with Crippen molar-refractivity contribution in [1.29, 1.82) is 0 Å². The SMILES string of the molecule is O=C(NCc1ccc(S(=O)(=O)N2CCCC2)cc1)c1ccc(-c2ccccc2)cc1. The van der Waals surface area contributed by atoms with Crippen molar-refractivity contribution < 1.29 is 13.2 Å². The molecular weight excluding hydrogens is 396 g/mol. The minimum absolute atomic E-state index is 0.164. The molecule has 1 saturated heterocycles. The fraction of sp³-hybridized carbons (Fsp3) is 0.208. The quantitative estimate of drug-likeness (QED) is 0.654. The van der Waals surface area contributed by atoms with E-state index in [-0.39, 0.29) is 5.91 Å². The molecule has 30 heavy (non-hydrogen) atoms. The van der Waals surface area contributed by atoms with E-state index in [1.165, 1.54) is 4.31 Å². The van der Waals surface area contributed by atoms with Crippen molar-refractivity contribution in [2.45, 2.75) is 24.3 Å². The molecule has 1 N–H and O–H groups in total. The molecule has 3 aromatic rings. The first-order valence-electron chi connectivity index (χ1n) is 10.1. The molecule has 5 nitrogen and oxygen atoms in total. The van der Waals surface area contributed by atoms with Crippen LogP contribution in [0.3, 0.4) is 0 Å². The van der Waals surface area contributed by atoms with Gasteiger partial charge in [0.2, 0.25) is 10.0 Å². The maximum atomic E-state index is 12.6. The molecule has 0 aromatic heterocycles. The summed E-state index contributed by atoms with van der Waals surface area (Å²) >= 11 is 0. The molecule has 0 saturated carbocycles. The Kier molecular flexibility index (Phi) is 5.97. The first-order chi connectivity index (χ1) is 14.5. The summed E-state index contributed by atoms with van der Waals surface area (Å²) in [7, 11) is -3.41. The number of nitrogens with one attached hydrogen (secondary N) is 1. The summed E-state index contributed by atoms with van der Waals surface area (Å²) in [5.41, 5.74) is 3.60. The Labute approximate surface area is 177 Å². The number of hydrogen-bond donors (Lipinski definition) is 1. The Balaban J connectivity index is 1.37. The highest BCUT2D eigenvalue weighted by atomic mass is 32.2. The van der Waals surface area contributed by atoms with E-state index in [1.807, 2.05) is 54.6 Å². The summed E-state index contributed by atoms with van der Waals surface area (Å²) < 4.78 is 26.7. The molecule has 0 aliphatic carbocycles. The lowest BCUT2D eigenvalue weighted by Crippen LogP contribution is -2.28. The molecule has 0 spiro atoms. The second kappa shape index (κ2) is 8.81. The van der Waals surface area contributed by atoms with E-state index in [4.69, 9.17) is 0 Å². The molecule has 6 heteroatoms. The molecule has 0 atom stereocenters. The molecule has 154 valence electrons. The molecule has 0 radical (unpaired) electrons. The predicted molar refractivity (Wildman–Crippen MR) is 117 cm³/mol. The second-order valence-corrected chi connectivity index (χ2v) is 9.32. The van der Waals surface area contributed by atoms with Crippen LogP contribution in [0.4, 0.5) is 0 Å². The van der Waals surface area contributed by atoms with Gasteiger partial charge in [-0.25, -0.2) is 8.42 Å².